The van der Waals surface area contributed by atoms with E-state index in [1.54, 1.807) is 0 Å². The molecular weight excluding hydrogens is 200 g/mol. The lowest BCUT2D eigenvalue weighted by Gasteiger charge is -2.28. The van der Waals surface area contributed by atoms with Gasteiger partial charge < -0.3 is 10.1 Å². The summed E-state index contributed by atoms with van der Waals surface area (Å²) in [6.07, 6.45) is 7.21. The minimum absolute atomic E-state index is 0.426. The van der Waals surface area contributed by atoms with E-state index in [2.05, 4.69) is 29.4 Å². The third-order valence-corrected chi connectivity index (χ3v) is 3.11. The maximum absolute atomic E-state index is 5.49. The fourth-order valence-electron chi connectivity index (χ4n) is 2.20. The van der Waals surface area contributed by atoms with E-state index < -0.39 is 0 Å². The van der Waals surface area contributed by atoms with Gasteiger partial charge in [-0.05, 0) is 37.0 Å². The van der Waals surface area contributed by atoms with Crippen LogP contribution in [0.4, 0.5) is 0 Å². The van der Waals surface area contributed by atoms with Gasteiger partial charge in [-0.3, -0.25) is 4.98 Å². The second-order valence-electron chi connectivity index (χ2n) is 4.32. The van der Waals surface area contributed by atoms with Crippen LogP contribution in [0.25, 0.3) is 0 Å². The van der Waals surface area contributed by atoms with Gasteiger partial charge >= 0.3 is 0 Å². The summed E-state index contributed by atoms with van der Waals surface area (Å²) in [5.74, 6) is 0. The Labute approximate surface area is 97.2 Å². The van der Waals surface area contributed by atoms with Gasteiger partial charge in [0.25, 0.3) is 0 Å². The highest BCUT2D eigenvalue weighted by molar-refractivity contribution is 5.15. The van der Waals surface area contributed by atoms with Crippen LogP contribution in [0.5, 0.6) is 0 Å². The van der Waals surface area contributed by atoms with Crippen LogP contribution in [0.15, 0.2) is 24.5 Å². The van der Waals surface area contributed by atoms with E-state index in [-0.39, 0.29) is 0 Å². The third kappa shape index (κ3) is 3.03. The summed E-state index contributed by atoms with van der Waals surface area (Å²) in [5, 5.41) is 3.67. The highest BCUT2D eigenvalue weighted by Crippen LogP contribution is 2.18. The fourth-order valence-corrected chi connectivity index (χ4v) is 2.20. The molecule has 1 N–H and O–H groups in total. The van der Waals surface area contributed by atoms with Crippen LogP contribution >= 0.6 is 0 Å². The average Bonchev–Trinajstić information content (AvgIpc) is 2.38. The standard InChI is InChI=1S/C13H20N2O/c1-2-13(11-5-7-14-8-6-11)15-12-4-3-9-16-10-12/h5-8,12-13,15H,2-4,9-10H2,1H3. The minimum atomic E-state index is 0.426. The van der Waals surface area contributed by atoms with E-state index in [1.165, 1.54) is 18.4 Å². The van der Waals surface area contributed by atoms with Crippen molar-refractivity contribution in [3.8, 4) is 0 Å². The minimum Gasteiger partial charge on any atom is -0.380 e. The molecule has 2 heterocycles. The zero-order valence-electron chi connectivity index (χ0n) is 9.86. The molecule has 0 bridgehead atoms. The summed E-state index contributed by atoms with van der Waals surface area (Å²) in [6, 6.07) is 5.11. The summed E-state index contributed by atoms with van der Waals surface area (Å²) < 4.78 is 5.49. The molecule has 2 rings (SSSR count). The maximum atomic E-state index is 5.49. The number of hydrogen-bond acceptors (Lipinski definition) is 3. The molecule has 16 heavy (non-hydrogen) atoms. The van der Waals surface area contributed by atoms with Gasteiger partial charge in [0.2, 0.25) is 0 Å². The monoisotopic (exact) mass is 220 g/mol. The molecule has 0 amide bonds. The first-order chi connectivity index (χ1) is 7.90. The van der Waals surface area contributed by atoms with Crippen molar-refractivity contribution >= 4 is 0 Å². The van der Waals surface area contributed by atoms with Crippen LogP contribution in [0.3, 0.4) is 0 Å². The summed E-state index contributed by atoms with van der Waals surface area (Å²) in [5.41, 5.74) is 1.32. The molecule has 0 aromatic carbocycles. The SMILES string of the molecule is CCC(NC1CCCOC1)c1ccncc1. The molecule has 88 valence electrons. The molecule has 1 fully saturated rings. The Kier molecular flexibility index (Phi) is 4.31. The van der Waals surface area contributed by atoms with E-state index in [0.717, 1.165) is 19.6 Å². The van der Waals surface area contributed by atoms with Crippen LogP contribution in [-0.2, 0) is 4.74 Å². The molecule has 1 aliphatic rings. The Bertz CT molecular complexity index is 296. The van der Waals surface area contributed by atoms with E-state index in [9.17, 15) is 0 Å². The second kappa shape index (κ2) is 5.97. The highest BCUT2D eigenvalue weighted by atomic mass is 16.5. The van der Waals surface area contributed by atoms with E-state index in [4.69, 9.17) is 4.74 Å². The quantitative estimate of drug-likeness (QED) is 0.845. The number of nitrogens with zero attached hydrogens (tertiary/aromatic N) is 1. The molecule has 1 aromatic rings. The number of pyridine rings is 1. The fraction of sp³-hybridized carbons (Fsp3) is 0.615. The molecule has 2 unspecified atom stereocenters. The smallest absolute Gasteiger partial charge is 0.0619 e. The molecule has 3 heteroatoms. The van der Waals surface area contributed by atoms with Gasteiger partial charge in [0.05, 0.1) is 6.61 Å². The molecule has 0 saturated carbocycles. The first-order valence-electron chi connectivity index (χ1n) is 6.14. The number of aromatic nitrogens is 1. The summed E-state index contributed by atoms with van der Waals surface area (Å²) in [7, 11) is 0. The molecule has 0 radical (unpaired) electrons. The van der Waals surface area contributed by atoms with Gasteiger partial charge in [0.15, 0.2) is 0 Å². The van der Waals surface area contributed by atoms with Crippen molar-refractivity contribution < 1.29 is 4.74 Å². The van der Waals surface area contributed by atoms with Crippen LogP contribution < -0.4 is 5.32 Å². The Balaban J connectivity index is 1.94. The van der Waals surface area contributed by atoms with E-state index >= 15 is 0 Å². The van der Waals surface area contributed by atoms with Crippen LogP contribution in [-0.4, -0.2) is 24.2 Å². The van der Waals surface area contributed by atoms with Gasteiger partial charge in [-0.25, -0.2) is 0 Å². The molecule has 2 atom stereocenters. The van der Waals surface area contributed by atoms with Crippen molar-refractivity contribution in [2.45, 2.75) is 38.3 Å². The lowest BCUT2D eigenvalue weighted by Crippen LogP contribution is -2.39. The van der Waals surface area contributed by atoms with Crippen molar-refractivity contribution in [3.05, 3.63) is 30.1 Å². The van der Waals surface area contributed by atoms with Crippen molar-refractivity contribution in [1.82, 2.24) is 10.3 Å². The number of hydrogen-bond donors (Lipinski definition) is 1. The van der Waals surface area contributed by atoms with Gasteiger partial charge in [0, 0.05) is 31.1 Å². The maximum Gasteiger partial charge on any atom is 0.0619 e. The molecule has 1 saturated heterocycles. The number of rotatable bonds is 4. The predicted molar refractivity (Wildman–Crippen MR) is 64.2 cm³/mol. The van der Waals surface area contributed by atoms with E-state index in [1.807, 2.05) is 12.4 Å². The Morgan fingerprint density at radius 2 is 2.31 bits per heavy atom. The topological polar surface area (TPSA) is 34.1 Å². The molecule has 1 aromatic heterocycles. The lowest BCUT2D eigenvalue weighted by atomic mass is 10.0. The first-order valence-corrected chi connectivity index (χ1v) is 6.14. The highest BCUT2D eigenvalue weighted by Gasteiger charge is 2.18. The molecule has 3 nitrogen and oxygen atoms in total. The third-order valence-electron chi connectivity index (χ3n) is 3.11. The summed E-state index contributed by atoms with van der Waals surface area (Å²) in [4.78, 5) is 4.06. The zero-order chi connectivity index (χ0) is 11.2. The van der Waals surface area contributed by atoms with Gasteiger partial charge in [-0.2, -0.15) is 0 Å². The average molecular weight is 220 g/mol. The molecule has 0 spiro atoms. The molecule has 1 aliphatic heterocycles. The van der Waals surface area contributed by atoms with Crippen molar-refractivity contribution in [2.75, 3.05) is 13.2 Å². The van der Waals surface area contributed by atoms with Crippen molar-refractivity contribution in [3.63, 3.8) is 0 Å². The Morgan fingerprint density at radius 1 is 1.50 bits per heavy atom. The van der Waals surface area contributed by atoms with Gasteiger partial charge in [-0.1, -0.05) is 6.92 Å². The number of nitrogens with one attached hydrogen (secondary N) is 1. The number of ether oxygens (including phenoxy) is 1. The molecule has 0 aliphatic carbocycles. The lowest BCUT2D eigenvalue weighted by molar-refractivity contribution is 0.0661. The van der Waals surface area contributed by atoms with Gasteiger partial charge in [0.1, 0.15) is 0 Å². The van der Waals surface area contributed by atoms with Crippen molar-refractivity contribution in [2.24, 2.45) is 0 Å². The normalized spacial score (nSPS) is 22.9. The summed E-state index contributed by atoms with van der Waals surface area (Å²) in [6.45, 7) is 3.98. The van der Waals surface area contributed by atoms with Crippen LogP contribution in [0.1, 0.15) is 37.8 Å². The second-order valence-corrected chi connectivity index (χ2v) is 4.32. The zero-order valence-corrected chi connectivity index (χ0v) is 9.86. The largest absolute Gasteiger partial charge is 0.380 e. The van der Waals surface area contributed by atoms with Crippen LogP contribution in [0.2, 0.25) is 0 Å². The van der Waals surface area contributed by atoms with Gasteiger partial charge in [-0.15, -0.1) is 0 Å². The molecular formula is C13H20N2O. The summed E-state index contributed by atoms with van der Waals surface area (Å²) >= 11 is 0. The Morgan fingerprint density at radius 3 is 2.94 bits per heavy atom. The predicted octanol–water partition coefficient (Wildman–Crippen LogP) is 2.30. The first kappa shape index (κ1) is 11.6. The van der Waals surface area contributed by atoms with E-state index in [0.29, 0.717) is 12.1 Å². The van der Waals surface area contributed by atoms with Crippen molar-refractivity contribution in [1.29, 1.82) is 0 Å². The van der Waals surface area contributed by atoms with Crippen LogP contribution in [0, 0.1) is 0 Å². The Hall–Kier alpha value is -0.930.